The molecule has 1 heterocycles. The van der Waals surface area contributed by atoms with Crippen molar-refractivity contribution in [3.05, 3.63) is 0 Å². The quantitative estimate of drug-likeness (QED) is 0.545. The van der Waals surface area contributed by atoms with Gasteiger partial charge in [0.15, 0.2) is 0 Å². The second kappa shape index (κ2) is 4.41. The Bertz CT molecular complexity index is 145. The third kappa shape index (κ3) is 2.24. The molecule has 0 aromatic heterocycles. The Morgan fingerprint density at radius 2 is 2.36 bits per heavy atom. The summed E-state index contributed by atoms with van der Waals surface area (Å²) >= 11 is 0. The van der Waals surface area contributed by atoms with Crippen molar-refractivity contribution in [2.45, 2.75) is 38.6 Å². The molecule has 1 atom stereocenters. The molecule has 0 aliphatic carbocycles. The molecule has 0 bridgehead atoms. The lowest BCUT2D eigenvalue weighted by Crippen LogP contribution is -2.39. The minimum absolute atomic E-state index is 0.764. The minimum atomic E-state index is 0.764. The van der Waals surface area contributed by atoms with E-state index in [2.05, 4.69) is 17.7 Å². The fraction of sp³-hybridized carbons (Fsp3) is 0.800. The zero-order valence-corrected chi connectivity index (χ0v) is 7.34. The molecule has 1 saturated heterocycles. The van der Waals surface area contributed by atoms with Crippen molar-refractivity contribution < 1.29 is 0 Å². The monoisotopic (exact) mass is 151 g/mol. The van der Waals surface area contributed by atoms with Crippen molar-refractivity contribution in [2.75, 3.05) is 13.1 Å². The van der Waals surface area contributed by atoms with E-state index in [4.69, 9.17) is 6.42 Å². The Morgan fingerprint density at radius 1 is 1.55 bits per heavy atom. The number of terminal acetylenes is 1. The molecule has 0 spiro atoms. The van der Waals surface area contributed by atoms with Gasteiger partial charge in [0.05, 0.1) is 6.54 Å². The Kier molecular flexibility index (Phi) is 3.45. The molecule has 1 aliphatic rings. The molecule has 1 aliphatic heterocycles. The van der Waals surface area contributed by atoms with Gasteiger partial charge in [-0.25, -0.2) is 0 Å². The highest BCUT2D eigenvalue weighted by molar-refractivity contribution is 4.91. The van der Waals surface area contributed by atoms with E-state index in [9.17, 15) is 0 Å². The third-order valence-electron chi connectivity index (χ3n) is 2.51. The summed E-state index contributed by atoms with van der Waals surface area (Å²) in [6.07, 6.45) is 10.6. The normalized spacial score (nSPS) is 26.4. The highest BCUT2D eigenvalue weighted by atomic mass is 15.2. The van der Waals surface area contributed by atoms with Crippen molar-refractivity contribution in [3.8, 4) is 12.3 Å². The second-order valence-electron chi connectivity index (χ2n) is 3.23. The number of piperidine rings is 1. The topological polar surface area (TPSA) is 3.24 Å². The molecular formula is C10H17N. The maximum Gasteiger partial charge on any atom is 0.0601 e. The number of rotatable bonds is 2. The van der Waals surface area contributed by atoms with Crippen molar-refractivity contribution in [3.63, 3.8) is 0 Å². The molecule has 0 N–H and O–H groups in total. The first-order chi connectivity index (χ1) is 5.38. The number of likely N-dealkylation sites (tertiary alicyclic amines) is 1. The lowest BCUT2D eigenvalue weighted by molar-refractivity contribution is 0.163. The van der Waals surface area contributed by atoms with E-state index in [-0.39, 0.29) is 0 Å². The van der Waals surface area contributed by atoms with Crippen molar-refractivity contribution in [1.29, 1.82) is 0 Å². The maximum absolute atomic E-state index is 5.28. The number of nitrogens with zero attached hydrogens (tertiary/aromatic N) is 1. The SMILES string of the molecule is C#CCN1CCCCC1CC. The molecule has 0 aromatic carbocycles. The molecular weight excluding hydrogens is 134 g/mol. The Balaban J connectivity index is 2.39. The summed E-state index contributed by atoms with van der Waals surface area (Å²) in [7, 11) is 0. The van der Waals surface area contributed by atoms with Gasteiger partial charge in [-0.15, -0.1) is 6.42 Å². The van der Waals surface area contributed by atoms with Gasteiger partial charge in [0.1, 0.15) is 0 Å². The van der Waals surface area contributed by atoms with Crippen LogP contribution in [-0.4, -0.2) is 24.0 Å². The van der Waals surface area contributed by atoms with Crippen LogP contribution in [0, 0.1) is 12.3 Å². The first-order valence-electron chi connectivity index (χ1n) is 4.56. The largest absolute Gasteiger partial charge is 0.289 e. The highest BCUT2D eigenvalue weighted by Gasteiger charge is 2.18. The van der Waals surface area contributed by atoms with E-state index in [0.29, 0.717) is 0 Å². The van der Waals surface area contributed by atoms with Gasteiger partial charge in [0.25, 0.3) is 0 Å². The lowest BCUT2D eigenvalue weighted by Gasteiger charge is -2.33. The van der Waals surface area contributed by atoms with Gasteiger partial charge in [0.2, 0.25) is 0 Å². The van der Waals surface area contributed by atoms with Gasteiger partial charge in [0, 0.05) is 6.04 Å². The predicted molar refractivity (Wildman–Crippen MR) is 48.3 cm³/mol. The van der Waals surface area contributed by atoms with Crippen LogP contribution in [0.1, 0.15) is 32.6 Å². The molecule has 0 amide bonds. The summed E-state index contributed by atoms with van der Waals surface area (Å²) in [5.74, 6) is 2.73. The highest BCUT2D eigenvalue weighted by Crippen LogP contribution is 2.18. The summed E-state index contributed by atoms with van der Waals surface area (Å²) in [5, 5.41) is 0. The van der Waals surface area contributed by atoms with Gasteiger partial charge in [-0.3, -0.25) is 4.90 Å². The van der Waals surface area contributed by atoms with Crippen LogP contribution >= 0.6 is 0 Å². The molecule has 11 heavy (non-hydrogen) atoms. The van der Waals surface area contributed by atoms with E-state index in [1.807, 2.05) is 0 Å². The molecule has 1 rings (SSSR count). The minimum Gasteiger partial charge on any atom is -0.289 e. The Hall–Kier alpha value is -0.480. The first-order valence-corrected chi connectivity index (χ1v) is 4.56. The van der Waals surface area contributed by atoms with Crippen LogP contribution < -0.4 is 0 Å². The van der Waals surface area contributed by atoms with Crippen LogP contribution in [0.25, 0.3) is 0 Å². The predicted octanol–water partition coefficient (Wildman–Crippen LogP) is 1.88. The summed E-state index contributed by atoms with van der Waals surface area (Å²) in [4.78, 5) is 2.43. The third-order valence-corrected chi connectivity index (χ3v) is 2.51. The Labute approximate surface area is 69.8 Å². The average molecular weight is 151 g/mol. The maximum atomic E-state index is 5.28. The molecule has 0 saturated carbocycles. The summed E-state index contributed by atoms with van der Waals surface area (Å²) in [6, 6.07) is 0.764. The van der Waals surface area contributed by atoms with E-state index in [1.54, 1.807) is 0 Å². The molecule has 1 heteroatoms. The zero-order valence-electron chi connectivity index (χ0n) is 7.34. The van der Waals surface area contributed by atoms with Crippen LogP contribution in [0.5, 0.6) is 0 Å². The Morgan fingerprint density at radius 3 is 3.00 bits per heavy atom. The van der Waals surface area contributed by atoms with Crippen LogP contribution in [-0.2, 0) is 0 Å². The van der Waals surface area contributed by atoms with E-state index < -0.39 is 0 Å². The fourth-order valence-electron chi connectivity index (χ4n) is 1.85. The van der Waals surface area contributed by atoms with E-state index in [0.717, 1.165) is 12.6 Å². The van der Waals surface area contributed by atoms with Gasteiger partial charge in [-0.1, -0.05) is 19.3 Å². The molecule has 0 aromatic rings. The van der Waals surface area contributed by atoms with Gasteiger partial charge < -0.3 is 0 Å². The van der Waals surface area contributed by atoms with Crippen LogP contribution in [0.3, 0.4) is 0 Å². The first kappa shape index (κ1) is 8.62. The van der Waals surface area contributed by atoms with Gasteiger partial charge >= 0.3 is 0 Å². The molecule has 62 valence electrons. The smallest absolute Gasteiger partial charge is 0.0601 e. The summed E-state index contributed by atoms with van der Waals surface area (Å²) in [6.45, 7) is 4.31. The summed E-state index contributed by atoms with van der Waals surface area (Å²) in [5.41, 5.74) is 0. The molecule has 1 unspecified atom stereocenters. The number of hydrogen-bond acceptors (Lipinski definition) is 1. The fourth-order valence-corrected chi connectivity index (χ4v) is 1.85. The van der Waals surface area contributed by atoms with Gasteiger partial charge in [-0.2, -0.15) is 0 Å². The van der Waals surface area contributed by atoms with Crippen molar-refractivity contribution in [2.24, 2.45) is 0 Å². The number of hydrogen-bond donors (Lipinski definition) is 0. The second-order valence-corrected chi connectivity index (χ2v) is 3.23. The van der Waals surface area contributed by atoms with Crippen LogP contribution in [0.4, 0.5) is 0 Å². The summed E-state index contributed by atoms with van der Waals surface area (Å²) < 4.78 is 0. The van der Waals surface area contributed by atoms with Gasteiger partial charge in [-0.05, 0) is 25.8 Å². The van der Waals surface area contributed by atoms with Crippen molar-refractivity contribution >= 4 is 0 Å². The van der Waals surface area contributed by atoms with Crippen LogP contribution in [0.15, 0.2) is 0 Å². The van der Waals surface area contributed by atoms with E-state index in [1.165, 1.54) is 32.2 Å². The average Bonchev–Trinajstić information content (AvgIpc) is 2.06. The molecule has 1 nitrogen and oxygen atoms in total. The molecule has 0 radical (unpaired) electrons. The zero-order chi connectivity index (χ0) is 8.10. The van der Waals surface area contributed by atoms with Crippen LogP contribution in [0.2, 0.25) is 0 Å². The van der Waals surface area contributed by atoms with E-state index >= 15 is 0 Å². The standard InChI is InChI=1S/C10H17N/c1-3-8-11-9-6-5-7-10(11)4-2/h1,10H,4-9H2,2H3. The molecule has 1 fully saturated rings. The van der Waals surface area contributed by atoms with Crippen molar-refractivity contribution in [1.82, 2.24) is 4.90 Å². The lowest BCUT2D eigenvalue weighted by atomic mass is 10.0.